The summed E-state index contributed by atoms with van der Waals surface area (Å²) in [6, 6.07) is 0.00177. The van der Waals surface area contributed by atoms with Crippen molar-refractivity contribution >= 4 is 0 Å². The van der Waals surface area contributed by atoms with Crippen molar-refractivity contribution < 1.29 is 5.11 Å². The van der Waals surface area contributed by atoms with Crippen LogP contribution in [0.1, 0.15) is 44.1 Å². The number of hydrogen-bond acceptors (Lipinski definition) is 5. The maximum atomic E-state index is 12.0. The average Bonchev–Trinajstić information content (AvgIpc) is 2.37. The smallest absolute Gasteiger partial charge is 0.258 e. The van der Waals surface area contributed by atoms with Crippen molar-refractivity contribution in [3.8, 4) is 5.88 Å². The topological polar surface area (TPSA) is 81.2 Å². The fourth-order valence-electron chi connectivity index (χ4n) is 2.45. The van der Waals surface area contributed by atoms with Crippen molar-refractivity contribution in [3.63, 3.8) is 0 Å². The molecule has 2 rings (SSSR count). The van der Waals surface area contributed by atoms with Gasteiger partial charge in [0.05, 0.1) is 11.6 Å². The van der Waals surface area contributed by atoms with E-state index in [0.717, 1.165) is 26.2 Å². The quantitative estimate of drug-likeness (QED) is 0.745. The first kappa shape index (κ1) is 14.0. The summed E-state index contributed by atoms with van der Waals surface area (Å²) in [7, 11) is 0. The molecular weight excluding hydrogens is 244 g/mol. The van der Waals surface area contributed by atoms with E-state index in [0.29, 0.717) is 11.4 Å². The molecule has 1 aromatic rings. The highest BCUT2D eigenvalue weighted by atomic mass is 16.3. The highest BCUT2D eigenvalue weighted by Gasteiger charge is 2.22. The van der Waals surface area contributed by atoms with Crippen LogP contribution in [0, 0.1) is 0 Å². The molecule has 1 fully saturated rings. The van der Waals surface area contributed by atoms with E-state index in [9.17, 15) is 9.90 Å². The molecule has 6 nitrogen and oxygen atoms in total. The van der Waals surface area contributed by atoms with Crippen LogP contribution in [0.2, 0.25) is 0 Å². The van der Waals surface area contributed by atoms with Crippen LogP contribution in [-0.4, -0.2) is 46.2 Å². The number of H-pyrrole nitrogens is 1. The van der Waals surface area contributed by atoms with Gasteiger partial charge in [0.15, 0.2) is 0 Å². The van der Waals surface area contributed by atoms with Gasteiger partial charge in [-0.05, 0) is 12.8 Å². The van der Waals surface area contributed by atoms with Crippen LogP contribution in [-0.2, 0) is 0 Å². The van der Waals surface area contributed by atoms with Crippen LogP contribution < -0.4 is 10.9 Å². The fourth-order valence-corrected chi connectivity index (χ4v) is 2.45. The first-order valence-corrected chi connectivity index (χ1v) is 6.78. The van der Waals surface area contributed by atoms with Crippen LogP contribution in [0.3, 0.4) is 0 Å². The molecule has 2 heterocycles. The van der Waals surface area contributed by atoms with Gasteiger partial charge >= 0.3 is 0 Å². The number of aromatic hydroxyl groups is 1. The van der Waals surface area contributed by atoms with Gasteiger partial charge in [-0.2, -0.15) is 4.98 Å². The third-order valence-electron chi connectivity index (χ3n) is 3.63. The van der Waals surface area contributed by atoms with Crippen molar-refractivity contribution in [3.05, 3.63) is 21.7 Å². The summed E-state index contributed by atoms with van der Waals surface area (Å²) in [5.74, 6) is 0.351. The number of piperazine rings is 1. The van der Waals surface area contributed by atoms with Crippen LogP contribution >= 0.6 is 0 Å². The van der Waals surface area contributed by atoms with Gasteiger partial charge < -0.3 is 15.4 Å². The number of hydrogen-bond donors (Lipinski definition) is 3. The fraction of sp³-hybridized carbons (Fsp3) is 0.692. The summed E-state index contributed by atoms with van der Waals surface area (Å²) in [4.78, 5) is 21.2. The standard InChI is InChI=1S/C13H22N4O2/c1-8(2)10-12(18)15-11(16-13(10)19)9(3)17-6-4-14-5-7-17/h8-9,14H,4-7H2,1-3H3,(H2,15,16,18,19). The second-order valence-corrected chi connectivity index (χ2v) is 5.31. The molecule has 0 aromatic carbocycles. The molecule has 1 atom stereocenters. The molecule has 19 heavy (non-hydrogen) atoms. The Balaban J connectivity index is 2.28. The molecule has 0 bridgehead atoms. The molecule has 106 valence electrons. The Morgan fingerprint density at radius 1 is 1.26 bits per heavy atom. The van der Waals surface area contributed by atoms with Crippen LogP contribution in [0.5, 0.6) is 5.88 Å². The largest absolute Gasteiger partial charge is 0.493 e. The Morgan fingerprint density at radius 3 is 2.42 bits per heavy atom. The Kier molecular flexibility index (Phi) is 4.21. The van der Waals surface area contributed by atoms with Gasteiger partial charge in [-0.25, -0.2) is 0 Å². The molecule has 0 spiro atoms. The van der Waals surface area contributed by atoms with Crippen LogP contribution in [0.15, 0.2) is 4.79 Å². The lowest BCUT2D eigenvalue weighted by molar-refractivity contribution is 0.178. The predicted molar refractivity (Wildman–Crippen MR) is 73.5 cm³/mol. The van der Waals surface area contributed by atoms with E-state index < -0.39 is 0 Å². The molecule has 1 saturated heterocycles. The minimum atomic E-state index is -0.237. The molecule has 3 N–H and O–H groups in total. The Morgan fingerprint density at radius 2 is 1.89 bits per heavy atom. The van der Waals surface area contributed by atoms with Gasteiger partial charge in [0.2, 0.25) is 5.88 Å². The summed E-state index contributed by atoms with van der Waals surface area (Å²) >= 11 is 0. The summed E-state index contributed by atoms with van der Waals surface area (Å²) in [6.45, 7) is 9.43. The zero-order chi connectivity index (χ0) is 14.0. The molecule has 0 aliphatic carbocycles. The Hall–Kier alpha value is -1.40. The van der Waals surface area contributed by atoms with Gasteiger partial charge in [0.1, 0.15) is 5.82 Å². The normalized spacial score (nSPS) is 18.7. The van der Waals surface area contributed by atoms with E-state index in [1.807, 2.05) is 20.8 Å². The highest BCUT2D eigenvalue weighted by molar-refractivity contribution is 5.26. The van der Waals surface area contributed by atoms with Gasteiger partial charge in [-0.3, -0.25) is 9.69 Å². The molecule has 1 unspecified atom stereocenters. The summed E-state index contributed by atoms with van der Waals surface area (Å²) in [5, 5.41) is 13.2. The predicted octanol–water partition coefficient (Wildman–Crippen LogP) is 0.565. The third-order valence-corrected chi connectivity index (χ3v) is 3.63. The molecule has 6 heteroatoms. The van der Waals surface area contributed by atoms with E-state index in [2.05, 4.69) is 20.2 Å². The number of nitrogens with one attached hydrogen (secondary N) is 2. The third kappa shape index (κ3) is 2.96. The monoisotopic (exact) mass is 266 g/mol. The van der Waals surface area contributed by atoms with Gasteiger partial charge in [-0.1, -0.05) is 13.8 Å². The lowest BCUT2D eigenvalue weighted by Gasteiger charge is -2.32. The first-order valence-electron chi connectivity index (χ1n) is 6.78. The minimum Gasteiger partial charge on any atom is -0.493 e. The highest BCUT2D eigenvalue weighted by Crippen LogP contribution is 2.22. The second-order valence-electron chi connectivity index (χ2n) is 5.31. The van der Waals surface area contributed by atoms with Crippen molar-refractivity contribution in [1.82, 2.24) is 20.2 Å². The molecule has 0 saturated carbocycles. The van der Waals surface area contributed by atoms with Crippen molar-refractivity contribution in [2.75, 3.05) is 26.2 Å². The maximum absolute atomic E-state index is 12.0. The number of aromatic nitrogens is 2. The van der Waals surface area contributed by atoms with Crippen LogP contribution in [0.4, 0.5) is 0 Å². The second kappa shape index (κ2) is 5.71. The van der Waals surface area contributed by atoms with Gasteiger partial charge in [-0.15, -0.1) is 0 Å². The zero-order valence-electron chi connectivity index (χ0n) is 11.7. The van der Waals surface area contributed by atoms with Gasteiger partial charge in [0, 0.05) is 26.2 Å². The van der Waals surface area contributed by atoms with E-state index in [1.165, 1.54) is 0 Å². The molecule has 1 aliphatic heterocycles. The average molecular weight is 266 g/mol. The van der Waals surface area contributed by atoms with E-state index >= 15 is 0 Å². The van der Waals surface area contributed by atoms with Crippen molar-refractivity contribution in [2.45, 2.75) is 32.7 Å². The zero-order valence-corrected chi connectivity index (χ0v) is 11.7. The van der Waals surface area contributed by atoms with Crippen LogP contribution in [0.25, 0.3) is 0 Å². The van der Waals surface area contributed by atoms with Crippen molar-refractivity contribution in [2.24, 2.45) is 0 Å². The molecule has 1 aliphatic rings. The van der Waals surface area contributed by atoms with E-state index in [4.69, 9.17) is 0 Å². The Bertz CT molecular complexity index is 492. The lowest BCUT2D eigenvalue weighted by atomic mass is 10.1. The van der Waals surface area contributed by atoms with E-state index in [1.54, 1.807) is 0 Å². The molecule has 0 amide bonds. The van der Waals surface area contributed by atoms with E-state index in [-0.39, 0.29) is 23.4 Å². The summed E-state index contributed by atoms with van der Waals surface area (Å²) < 4.78 is 0. The first-order chi connectivity index (χ1) is 9.00. The Labute approximate surface area is 112 Å². The minimum absolute atomic E-state index is 0.00177. The summed E-state index contributed by atoms with van der Waals surface area (Å²) in [6.07, 6.45) is 0. The van der Waals surface area contributed by atoms with Crippen molar-refractivity contribution in [1.29, 1.82) is 0 Å². The van der Waals surface area contributed by atoms with Gasteiger partial charge in [0.25, 0.3) is 5.56 Å². The maximum Gasteiger partial charge on any atom is 0.258 e. The summed E-state index contributed by atoms with van der Waals surface area (Å²) in [5.41, 5.74) is 0.121. The SMILES string of the molecule is CC(C)c1c(O)nc(C(C)N2CCNCC2)[nH]c1=O. The number of nitrogens with zero attached hydrogens (tertiary/aromatic N) is 2. The molecule has 1 aromatic heterocycles. The number of aromatic amines is 1. The number of rotatable bonds is 3. The molecule has 0 radical (unpaired) electrons. The lowest BCUT2D eigenvalue weighted by Crippen LogP contribution is -2.45. The molecular formula is C13H22N4O2.